The molecule has 0 saturated carbocycles. The normalized spacial score (nSPS) is 12.5. The Morgan fingerprint density at radius 2 is 1.84 bits per heavy atom. The summed E-state index contributed by atoms with van der Waals surface area (Å²) >= 11 is 0. The van der Waals surface area contributed by atoms with Crippen LogP contribution in [0.1, 0.15) is 30.9 Å². The van der Waals surface area contributed by atoms with Crippen molar-refractivity contribution in [2.24, 2.45) is 0 Å². The number of sulfonamides is 1. The van der Waals surface area contributed by atoms with Crippen LogP contribution in [0.5, 0.6) is 0 Å². The monoisotopic (exact) mass is 451 g/mol. The summed E-state index contributed by atoms with van der Waals surface area (Å²) in [7, 11) is -4.11. The Bertz CT molecular complexity index is 1180. The molecule has 164 valence electrons. The largest absolute Gasteiger partial charge is 0.453 e. The van der Waals surface area contributed by atoms with E-state index < -0.39 is 38.6 Å². The maximum Gasteiger partial charge on any atom is 0.307 e. The molecular formula is C20H19F2N3O5S. The molecule has 0 fully saturated rings. The molecule has 1 heterocycles. The number of nitrogens with one attached hydrogen (secondary N) is 1. The Morgan fingerprint density at radius 3 is 2.52 bits per heavy atom. The molecule has 0 amide bonds. The van der Waals surface area contributed by atoms with Gasteiger partial charge in [0.25, 0.3) is 5.89 Å². The Morgan fingerprint density at radius 1 is 1.13 bits per heavy atom. The van der Waals surface area contributed by atoms with Crippen LogP contribution in [0.3, 0.4) is 0 Å². The predicted octanol–water partition coefficient (Wildman–Crippen LogP) is 3.30. The average molecular weight is 451 g/mol. The van der Waals surface area contributed by atoms with Gasteiger partial charge in [-0.05, 0) is 44.2 Å². The highest BCUT2D eigenvalue weighted by molar-refractivity contribution is 7.89. The van der Waals surface area contributed by atoms with Gasteiger partial charge in [-0.1, -0.05) is 17.7 Å². The molecule has 3 aromatic rings. The highest BCUT2D eigenvalue weighted by atomic mass is 32.2. The van der Waals surface area contributed by atoms with E-state index in [1.54, 1.807) is 0 Å². The lowest BCUT2D eigenvalue weighted by molar-refractivity contribution is -0.149. The highest BCUT2D eigenvalue weighted by Gasteiger charge is 2.20. The van der Waals surface area contributed by atoms with Gasteiger partial charge in [-0.25, -0.2) is 21.9 Å². The first kappa shape index (κ1) is 22.5. The number of rotatable bonds is 8. The number of halogens is 2. The summed E-state index contributed by atoms with van der Waals surface area (Å²) in [4.78, 5) is 11.5. The number of carbonyl (C=O) groups excluding carboxylic acids is 1. The number of nitrogens with zero attached hydrogens (tertiary/aromatic N) is 2. The fourth-order valence-electron chi connectivity index (χ4n) is 2.53. The van der Waals surface area contributed by atoms with Crippen molar-refractivity contribution in [3.63, 3.8) is 0 Å². The number of carbonyl (C=O) groups is 1. The summed E-state index contributed by atoms with van der Waals surface area (Å²) in [6.07, 6.45) is -1.14. The van der Waals surface area contributed by atoms with Crippen molar-refractivity contribution in [2.45, 2.75) is 31.3 Å². The molecular weight excluding hydrogens is 432 g/mol. The van der Waals surface area contributed by atoms with Crippen LogP contribution >= 0.6 is 0 Å². The van der Waals surface area contributed by atoms with Crippen LogP contribution in [0.15, 0.2) is 51.8 Å². The van der Waals surface area contributed by atoms with Crippen LogP contribution < -0.4 is 4.72 Å². The van der Waals surface area contributed by atoms with Gasteiger partial charge in [-0.3, -0.25) is 4.79 Å². The van der Waals surface area contributed by atoms with Gasteiger partial charge in [0, 0.05) is 12.1 Å². The lowest BCUT2D eigenvalue weighted by Gasteiger charge is -2.10. The zero-order valence-electron chi connectivity index (χ0n) is 16.6. The quantitative estimate of drug-likeness (QED) is 0.523. The van der Waals surface area contributed by atoms with Gasteiger partial charge in [0.2, 0.25) is 15.9 Å². The summed E-state index contributed by atoms with van der Waals surface area (Å²) in [5.41, 5.74) is 1.79. The smallest absolute Gasteiger partial charge is 0.307 e. The molecule has 0 aliphatic rings. The molecule has 31 heavy (non-hydrogen) atoms. The van der Waals surface area contributed by atoms with Crippen molar-refractivity contribution in [3.05, 3.63) is 65.6 Å². The predicted molar refractivity (Wildman–Crippen MR) is 105 cm³/mol. The van der Waals surface area contributed by atoms with Crippen molar-refractivity contribution < 1.29 is 31.1 Å². The molecule has 3 rings (SSSR count). The van der Waals surface area contributed by atoms with E-state index in [-0.39, 0.29) is 24.7 Å². The third-order valence-electron chi connectivity index (χ3n) is 4.22. The second kappa shape index (κ2) is 9.31. The molecule has 0 radical (unpaired) electrons. The highest BCUT2D eigenvalue weighted by Crippen LogP contribution is 2.23. The number of aromatic nitrogens is 2. The topological polar surface area (TPSA) is 111 Å². The molecule has 0 aliphatic heterocycles. The summed E-state index contributed by atoms with van der Waals surface area (Å²) in [5, 5.41) is 7.80. The van der Waals surface area contributed by atoms with Crippen molar-refractivity contribution in [1.29, 1.82) is 0 Å². The van der Waals surface area contributed by atoms with Crippen LogP contribution in [0, 0.1) is 18.6 Å². The minimum atomic E-state index is -4.11. The number of hydrogen-bond acceptors (Lipinski definition) is 7. The first-order chi connectivity index (χ1) is 14.7. The van der Waals surface area contributed by atoms with Crippen LogP contribution in [-0.2, 0) is 19.6 Å². The van der Waals surface area contributed by atoms with Gasteiger partial charge in [0.1, 0.15) is 0 Å². The van der Waals surface area contributed by atoms with E-state index >= 15 is 0 Å². The standard InChI is InChI=1S/C20H19F2N3O5S/c1-12-3-5-14(6-4-12)20-25-24-19(30-20)13(2)29-18(26)9-10-23-31(27,28)15-7-8-16(21)17(22)11-15/h3-8,11,13,23H,9-10H2,1-2H3. The molecule has 8 nitrogen and oxygen atoms in total. The SMILES string of the molecule is Cc1ccc(-c2nnc(C(C)OC(=O)CCNS(=O)(=O)c3ccc(F)c(F)c3)o2)cc1. The van der Waals surface area contributed by atoms with E-state index in [1.807, 2.05) is 31.2 Å². The minimum Gasteiger partial charge on any atom is -0.453 e. The molecule has 1 atom stereocenters. The summed E-state index contributed by atoms with van der Waals surface area (Å²) in [6, 6.07) is 9.61. The Kier molecular flexibility index (Phi) is 6.76. The van der Waals surface area contributed by atoms with E-state index in [9.17, 15) is 22.0 Å². The fourth-order valence-corrected chi connectivity index (χ4v) is 3.58. The zero-order valence-corrected chi connectivity index (χ0v) is 17.4. The second-order valence-corrected chi connectivity index (χ2v) is 8.43. The number of ether oxygens (including phenoxy) is 1. The molecule has 0 saturated heterocycles. The molecule has 1 aromatic heterocycles. The third kappa shape index (κ3) is 5.70. The van der Waals surface area contributed by atoms with E-state index in [1.165, 1.54) is 6.92 Å². The van der Waals surface area contributed by atoms with Gasteiger partial charge >= 0.3 is 5.97 Å². The minimum absolute atomic E-state index is 0.0892. The third-order valence-corrected chi connectivity index (χ3v) is 5.68. The molecule has 1 N–H and O–H groups in total. The summed E-state index contributed by atoms with van der Waals surface area (Å²) in [5.74, 6) is -2.80. The van der Waals surface area contributed by atoms with Gasteiger partial charge in [-0.2, -0.15) is 0 Å². The molecule has 0 spiro atoms. The van der Waals surface area contributed by atoms with E-state index in [0.29, 0.717) is 12.1 Å². The summed E-state index contributed by atoms with van der Waals surface area (Å²) in [6.45, 7) is 3.18. The van der Waals surface area contributed by atoms with E-state index in [0.717, 1.165) is 17.2 Å². The zero-order chi connectivity index (χ0) is 22.6. The first-order valence-electron chi connectivity index (χ1n) is 9.20. The maximum atomic E-state index is 13.2. The van der Waals surface area contributed by atoms with Crippen molar-refractivity contribution in [1.82, 2.24) is 14.9 Å². The Hall–Kier alpha value is -3.18. The number of benzene rings is 2. The number of esters is 1. The lowest BCUT2D eigenvalue weighted by atomic mass is 10.1. The second-order valence-electron chi connectivity index (χ2n) is 6.67. The van der Waals surface area contributed by atoms with Crippen molar-refractivity contribution in [3.8, 4) is 11.5 Å². The van der Waals surface area contributed by atoms with Crippen LogP contribution in [0.25, 0.3) is 11.5 Å². The van der Waals surface area contributed by atoms with Gasteiger partial charge in [-0.15, -0.1) is 10.2 Å². The van der Waals surface area contributed by atoms with Gasteiger partial charge < -0.3 is 9.15 Å². The maximum absolute atomic E-state index is 13.2. The number of aryl methyl sites for hydroxylation is 1. The molecule has 2 aromatic carbocycles. The molecule has 0 bridgehead atoms. The fraction of sp³-hybridized carbons (Fsp3) is 0.250. The van der Waals surface area contributed by atoms with Crippen molar-refractivity contribution >= 4 is 16.0 Å². The molecule has 1 unspecified atom stereocenters. The van der Waals surface area contributed by atoms with Gasteiger partial charge in [0.15, 0.2) is 17.7 Å². The van der Waals surface area contributed by atoms with E-state index in [4.69, 9.17) is 9.15 Å². The van der Waals surface area contributed by atoms with Crippen LogP contribution in [-0.4, -0.2) is 31.1 Å². The van der Waals surface area contributed by atoms with Crippen LogP contribution in [0.2, 0.25) is 0 Å². The Balaban J connectivity index is 1.52. The first-order valence-corrected chi connectivity index (χ1v) is 10.7. The van der Waals surface area contributed by atoms with Gasteiger partial charge in [0.05, 0.1) is 11.3 Å². The number of hydrogen-bond donors (Lipinski definition) is 1. The Labute approximate surface area is 177 Å². The summed E-state index contributed by atoms with van der Waals surface area (Å²) < 4.78 is 63.2. The molecule has 0 aliphatic carbocycles. The van der Waals surface area contributed by atoms with Crippen LogP contribution in [0.4, 0.5) is 8.78 Å². The van der Waals surface area contributed by atoms with Crippen molar-refractivity contribution in [2.75, 3.05) is 6.54 Å². The van der Waals surface area contributed by atoms with E-state index in [2.05, 4.69) is 14.9 Å². The lowest BCUT2D eigenvalue weighted by Crippen LogP contribution is -2.27. The average Bonchev–Trinajstić information content (AvgIpc) is 3.20. The molecule has 11 heteroatoms.